The molecule has 0 bridgehead atoms. The Morgan fingerprint density at radius 3 is 2.42 bits per heavy atom. The van der Waals surface area contributed by atoms with E-state index in [1.165, 1.54) is 0 Å². The van der Waals surface area contributed by atoms with Gasteiger partial charge in [0.2, 0.25) is 0 Å². The van der Waals surface area contributed by atoms with Crippen molar-refractivity contribution in [2.24, 2.45) is 0 Å². The molecule has 0 aromatic carbocycles. The third-order valence-electron chi connectivity index (χ3n) is 2.80. The molecule has 4 nitrogen and oxygen atoms in total. The number of anilines is 1. The highest BCUT2D eigenvalue weighted by molar-refractivity contribution is 6.02. The molecule has 2 heterocycles. The van der Waals surface area contributed by atoms with Gasteiger partial charge in [0.05, 0.1) is 0 Å². The van der Waals surface area contributed by atoms with E-state index in [9.17, 15) is 4.79 Å². The van der Waals surface area contributed by atoms with Crippen molar-refractivity contribution in [3.05, 3.63) is 54.1 Å². The van der Waals surface area contributed by atoms with Crippen molar-refractivity contribution in [1.82, 2.24) is 9.97 Å². The smallest absolute Gasteiger partial charge is 0.274 e. The molecule has 0 unspecified atom stereocenters. The summed E-state index contributed by atoms with van der Waals surface area (Å²) >= 11 is 0. The molecule has 0 aliphatic carbocycles. The van der Waals surface area contributed by atoms with Crippen LogP contribution in [0.25, 0.3) is 0 Å². The van der Waals surface area contributed by atoms with Gasteiger partial charge >= 0.3 is 0 Å². The first-order valence-electron chi connectivity index (χ1n) is 6.15. The van der Waals surface area contributed by atoms with E-state index >= 15 is 0 Å². The third kappa shape index (κ3) is 3.37. The molecular weight excluding hydrogens is 238 g/mol. The molecule has 1 N–H and O–H groups in total. The number of carbonyl (C=O) groups excluding carboxylic acids is 1. The van der Waals surface area contributed by atoms with E-state index in [0.717, 1.165) is 5.56 Å². The molecule has 0 radical (unpaired) electrons. The number of nitrogens with zero attached hydrogens (tertiary/aromatic N) is 2. The molecule has 0 fully saturated rings. The van der Waals surface area contributed by atoms with E-state index < -0.39 is 0 Å². The topological polar surface area (TPSA) is 54.9 Å². The van der Waals surface area contributed by atoms with Gasteiger partial charge in [-0.15, -0.1) is 0 Å². The minimum atomic E-state index is -0.211. The Kier molecular flexibility index (Phi) is 3.60. The maximum absolute atomic E-state index is 12.1. The molecule has 0 saturated carbocycles. The fraction of sp³-hybridized carbons (Fsp3) is 0.267. The van der Waals surface area contributed by atoms with Gasteiger partial charge in [-0.1, -0.05) is 20.8 Å². The summed E-state index contributed by atoms with van der Waals surface area (Å²) in [4.78, 5) is 20.1. The highest BCUT2D eigenvalue weighted by Crippen LogP contribution is 2.22. The number of amides is 1. The van der Waals surface area contributed by atoms with Gasteiger partial charge in [-0.25, -0.2) is 0 Å². The first kappa shape index (κ1) is 13.2. The number of carbonyl (C=O) groups is 1. The molecule has 19 heavy (non-hydrogen) atoms. The van der Waals surface area contributed by atoms with Crippen molar-refractivity contribution in [2.75, 3.05) is 5.32 Å². The van der Waals surface area contributed by atoms with Crippen LogP contribution < -0.4 is 5.32 Å². The van der Waals surface area contributed by atoms with E-state index in [1.807, 2.05) is 12.1 Å². The molecule has 2 aromatic heterocycles. The standard InChI is InChI=1S/C15H17N3O/c1-15(2,3)11-4-9-17-13(10-11)14(19)18-12-5-7-16-8-6-12/h4-10H,1-3H3,(H,16,18,19). The lowest BCUT2D eigenvalue weighted by molar-refractivity contribution is 0.102. The predicted molar refractivity (Wildman–Crippen MR) is 75.1 cm³/mol. The van der Waals surface area contributed by atoms with Crippen molar-refractivity contribution in [2.45, 2.75) is 26.2 Å². The molecule has 1 amide bonds. The predicted octanol–water partition coefficient (Wildman–Crippen LogP) is 3.03. The highest BCUT2D eigenvalue weighted by Gasteiger charge is 2.16. The number of rotatable bonds is 2. The van der Waals surface area contributed by atoms with E-state index in [1.54, 1.807) is 30.7 Å². The molecule has 0 spiro atoms. The van der Waals surface area contributed by atoms with Gasteiger partial charge in [-0.3, -0.25) is 14.8 Å². The molecule has 0 saturated heterocycles. The van der Waals surface area contributed by atoms with E-state index in [-0.39, 0.29) is 11.3 Å². The van der Waals surface area contributed by atoms with Crippen LogP contribution in [-0.4, -0.2) is 15.9 Å². The molecule has 0 aliphatic rings. The lowest BCUT2D eigenvalue weighted by Gasteiger charge is -2.19. The van der Waals surface area contributed by atoms with Crippen LogP contribution in [-0.2, 0) is 5.41 Å². The van der Waals surface area contributed by atoms with Crippen molar-refractivity contribution >= 4 is 11.6 Å². The van der Waals surface area contributed by atoms with Crippen molar-refractivity contribution in [1.29, 1.82) is 0 Å². The SMILES string of the molecule is CC(C)(C)c1ccnc(C(=O)Nc2ccncc2)c1. The quantitative estimate of drug-likeness (QED) is 0.897. The normalized spacial score (nSPS) is 11.1. The Balaban J connectivity index is 2.20. The van der Waals surface area contributed by atoms with Crippen molar-refractivity contribution < 1.29 is 4.79 Å². The van der Waals surface area contributed by atoms with Crippen molar-refractivity contribution in [3.8, 4) is 0 Å². The fourth-order valence-electron chi connectivity index (χ4n) is 1.65. The minimum Gasteiger partial charge on any atom is -0.321 e. The van der Waals surface area contributed by atoms with Gasteiger partial charge in [-0.05, 0) is 35.2 Å². The van der Waals surface area contributed by atoms with Crippen LogP contribution in [0.2, 0.25) is 0 Å². The van der Waals surface area contributed by atoms with Gasteiger partial charge in [0.15, 0.2) is 0 Å². The van der Waals surface area contributed by atoms with Gasteiger partial charge in [-0.2, -0.15) is 0 Å². The summed E-state index contributed by atoms with van der Waals surface area (Å²) in [7, 11) is 0. The van der Waals surface area contributed by atoms with Crippen LogP contribution in [0.4, 0.5) is 5.69 Å². The highest BCUT2D eigenvalue weighted by atomic mass is 16.1. The average molecular weight is 255 g/mol. The summed E-state index contributed by atoms with van der Waals surface area (Å²) in [5.41, 5.74) is 2.21. The van der Waals surface area contributed by atoms with Gasteiger partial charge in [0, 0.05) is 24.3 Å². The zero-order valence-electron chi connectivity index (χ0n) is 11.3. The summed E-state index contributed by atoms with van der Waals surface area (Å²) in [5.74, 6) is -0.211. The molecule has 0 aliphatic heterocycles. The molecule has 2 rings (SSSR count). The van der Waals surface area contributed by atoms with Gasteiger partial charge in [0.1, 0.15) is 5.69 Å². The lowest BCUT2D eigenvalue weighted by atomic mass is 9.87. The molecular formula is C15H17N3O. The fourth-order valence-corrected chi connectivity index (χ4v) is 1.65. The molecule has 0 atom stereocenters. The van der Waals surface area contributed by atoms with Gasteiger partial charge < -0.3 is 5.32 Å². The zero-order valence-corrected chi connectivity index (χ0v) is 11.3. The van der Waals surface area contributed by atoms with Crippen LogP contribution in [0.5, 0.6) is 0 Å². The Labute approximate surface area is 112 Å². The van der Waals surface area contributed by atoms with Crippen LogP contribution in [0.15, 0.2) is 42.9 Å². The van der Waals surface area contributed by atoms with E-state index in [4.69, 9.17) is 0 Å². The first-order valence-corrected chi connectivity index (χ1v) is 6.15. The maximum Gasteiger partial charge on any atom is 0.274 e. The Hall–Kier alpha value is -2.23. The van der Waals surface area contributed by atoms with Crippen LogP contribution >= 0.6 is 0 Å². The third-order valence-corrected chi connectivity index (χ3v) is 2.80. The first-order chi connectivity index (χ1) is 8.97. The zero-order chi connectivity index (χ0) is 13.9. The second kappa shape index (κ2) is 5.18. The summed E-state index contributed by atoms with van der Waals surface area (Å²) < 4.78 is 0. The second-order valence-electron chi connectivity index (χ2n) is 5.37. The molecule has 2 aromatic rings. The lowest BCUT2D eigenvalue weighted by Crippen LogP contribution is -2.17. The molecule has 98 valence electrons. The van der Waals surface area contributed by atoms with Gasteiger partial charge in [0.25, 0.3) is 5.91 Å². The number of nitrogens with one attached hydrogen (secondary N) is 1. The molecule has 4 heteroatoms. The maximum atomic E-state index is 12.1. The Morgan fingerprint density at radius 1 is 1.11 bits per heavy atom. The summed E-state index contributed by atoms with van der Waals surface area (Å²) in [6, 6.07) is 7.25. The summed E-state index contributed by atoms with van der Waals surface area (Å²) in [6.07, 6.45) is 4.94. The number of hydrogen-bond donors (Lipinski definition) is 1. The van der Waals surface area contributed by atoms with Crippen molar-refractivity contribution in [3.63, 3.8) is 0 Å². The average Bonchev–Trinajstić information content (AvgIpc) is 2.39. The number of aromatic nitrogens is 2. The Bertz CT molecular complexity index is 573. The number of pyridine rings is 2. The van der Waals surface area contributed by atoms with E-state index in [2.05, 4.69) is 36.1 Å². The number of hydrogen-bond acceptors (Lipinski definition) is 3. The Morgan fingerprint density at radius 2 is 1.79 bits per heavy atom. The monoisotopic (exact) mass is 255 g/mol. The summed E-state index contributed by atoms with van der Waals surface area (Å²) in [5, 5.41) is 2.80. The van der Waals surface area contributed by atoms with Crippen LogP contribution in [0, 0.1) is 0 Å². The summed E-state index contributed by atoms with van der Waals surface area (Å²) in [6.45, 7) is 6.31. The van der Waals surface area contributed by atoms with Crippen LogP contribution in [0.1, 0.15) is 36.8 Å². The van der Waals surface area contributed by atoms with E-state index in [0.29, 0.717) is 11.4 Å². The largest absolute Gasteiger partial charge is 0.321 e. The van der Waals surface area contributed by atoms with Crippen LogP contribution in [0.3, 0.4) is 0 Å². The minimum absolute atomic E-state index is 0.00532. The second-order valence-corrected chi connectivity index (χ2v) is 5.37.